The van der Waals surface area contributed by atoms with Crippen molar-refractivity contribution >= 4 is 61.1 Å². The second-order valence-corrected chi connectivity index (χ2v) is 7.26. The zero-order valence-corrected chi connectivity index (χ0v) is 24.5. The van der Waals surface area contributed by atoms with E-state index in [2.05, 4.69) is 24.5 Å². The van der Waals surface area contributed by atoms with Gasteiger partial charge in [0, 0.05) is 6.38 Å². The van der Waals surface area contributed by atoms with Crippen LogP contribution in [0.2, 0.25) is 0 Å². The first-order valence-electron chi connectivity index (χ1n) is 4.05. The van der Waals surface area contributed by atoms with E-state index >= 15 is 0 Å². The molecule has 0 aliphatic rings. The summed E-state index contributed by atoms with van der Waals surface area (Å²) < 4.78 is 65.4. The molecule has 25 heavy (non-hydrogen) atoms. The summed E-state index contributed by atoms with van der Waals surface area (Å²) in [7, 11) is -21.1. The molecule has 24 heteroatoms. The molecule has 0 spiro atoms. The van der Waals surface area contributed by atoms with Gasteiger partial charge in [0.2, 0.25) is 0 Å². The number of hydrogen-bond donors (Lipinski definition) is 0. The zero-order chi connectivity index (χ0) is 19.6. The molecule has 0 bridgehead atoms. The molecule has 0 aliphatic heterocycles. The Morgan fingerprint density at radius 1 is 0.480 bits per heavy atom. The minimum absolute atomic E-state index is 0. The first-order valence-corrected chi connectivity index (χ1v) is 12.2. The SMILES string of the molecule is CCl.O=[PH]([O-])O[PH](=O)[O-].O=[PH]([O-])O[PH](=O)[O-].O=[PH]([O-])O[PH](=O)[O-].[Ce+3].[Ce+3]. The second-order valence-electron chi connectivity index (χ2n) is 1.81. The van der Waals surface area contributed by atoms with Gasteiger partial charge in [0.1, 0.15) is 49.5 Å². The van der Waals surface area contributed by atoms with Crippen molar-refractivity contribution in [3.8, 4) is 0 Å². The van der Waals surface area contributed by atoms with Crippen molar-refractivity contribution in [2.24, 2.45) is 0 Å². The predicted molar refractivity (Wildman–Crippen MR) is 69.0 cm³/mol. The molecular weight excluding hydrogens is 754 g/mol. The van der Waals surface area contributed by atoms with E-state index in [4.69, 9.17) is 0 Å². The van der Waals surface area contributed by atoms with Crippen LogP contribution in [0.3, 0.4) is 0 Å². The normalized spacial score (nSPS) is 15.8. The van der Waals surface area contributed by atoms with Crippen LogP contribution in [0.1, 0.15) is 0 Å². The first kappa shape index (κ1) is 43.0. The van der Waals surface area contributed by atoms with Gasteiger partial charge < -0.3 is 56.8 Å². The predicted octanol–water partition coefficient (Wildman–Crippen LogP) is -3.64. The molecule has 0 saturated carbocycles. The summed E-state index contributed by atoms with van der Waals surface area (Å²) in [5.41, 5.74) is 0. The van der Waals surface area contributed by atoms with Crippen molar-refractivity contribution in [2.45, 2.75) is 0 Å². The van der Waals surface area contributed by atoms with Crippen LogP contribution in [0.15, 0.2) is 0 Å². The maximum absolute atomic E-state index is 9.29. The Labute approximate surface area is 217 Å². The van der Waals surface area contributed by atoms with Gasteiger partial charge in [0.05, 0.1) is 0 Å². The van der Waals surface area contributed by atoms with Crippen LogP contribution in [0.5, 0.6) is 0 Å². The third-order valence-corrected chi connectivity index (χ3v) is 4.50. The van der Waals surface area contributed by atoms with Crippen molar-refractivity contribution in [1.29, 1.82) is 0 Å². The summed E-state index contributed by atoms with van der Waals surface area (Å²) in [6.07, 6.45) is 1.47. The molecule has 15 nitrogen and oxygen atoms in total. The number of hydrogen-bond acceptors (Lipinski definition) is 15. The quantitative estimate of drug-likeness (QED) is 0.187. The van der Waals surface area contributed by atoms with E-state index < -0.39 is 49.5 Å². The van der Waals surface area contributed by atoms with Crippen molar-refractivity contribution in [3.05, 3.63) is 0 Å². The van der Waals surface area contributed by atoms with Crippen LogP contribution in [0, 0.1) is 83.5 Å². The molecule has 0 amide bonds. The molecule has 0 fully saturated rings. The number of alkyl halides is 1. The molecular formula is CH9Ce2ClO15P6. The second kappa shape index (κ2) is 32.7. The van der Waals surface area contributed by atoms with Crippen molar-refractivity contribution in [1.82, 2.24) is 0 Å². The fourth-order valence-corrected chi connectivity index (χ4v) is 1.84. The summed E-state index contributed by atoms with van der Waals surface area (Å²) in [6, 6.07) is 0. The van der Waals surface area contributed by atoms with Crippen LogP contribution in [0.25, 0.3) is 0 Å². The van der Waals surface area contributed by atoms with E-state index in [1.807, 2.05) is 0 Å². The summed E-state index contributed by atoms with van der Waals surface area (Å²) in [6.45, 7) is 0. The maximum Gasteiger partial charge on any atom is 3.00 e. The zero-order valence-electron chi connectivity index (χ0n) is 11.5. The summed E-state index contributed by atoms with van der Waals surface area (Å²) in [5, 5.41) is 0. The molecule has 0 saturated heterocycles. The third kappa shape index (κ3) is 73.9. The van der Waals surface area contributed by atoms with E-state index in [1.54, 1.807) is 0 Å². The van der Waals surface area contributed by atoms with Crippen LogP contribution in [-0.2, 0) is 40.3 Å². The van der Waals surface area contributed by atoms with E-state index in [9.17, 15) is 56.8 Å². The Kier molecular flexibility index (Phi) is 56.3. The standard InChI is InChI=1S/CH3Cl.2Ce.3H4O5P2/c1-2;;;3*1-6(2)5-7(3)4/h1H3;;;3*6-7H,(H,1,2)(H,3,4)/q;2*+3;;;/p-6. The van der Waals surface area contributed by atoms with Gasteiger partial charge in [-0.15, -0.1) is 11.6 Å². The van der Waals surface area contributed by atoms with Gasteiger partial charge in [-0.25, -0.2) is 0 Å². The van der Waals surface area contributed by atoms with Crippen LogP contribution in [-0.4, -0.2) is 6.38 Å². The Balaban J connectivity index is -0.0000000496. The Bertz CT molecular complexity index is 330. The van der Waals surface area contributed by atoms with Crippen molar-refractivity contribution in [2.75, 3.05) is 6.38 Å². The molecule has 0 aliphatic carbocycles. The van der Waals surface area contributed by atoms with Crippen molar-refractivity contribution in [3.63, 3.8) is 0 Å². The van der Waals surface area contributed by atoms with Crippen molar-refractivity contribution < 1.29 is 153 Å². The van der Waals surface area contributed by atoms with Gasteiger partial charge in [0.25, 0.3) is 0 Å². The van der Waals surface area contributed by atoms with Crippen LogP contribution < -0.4 is 29.4 Å². The largest absolute Gasteiger partial charge is 3.00 e. The number of rotatable bonds is 6. The molecule has 148 valence electrons. The molecule has 6 atom stereocenters. The van der Waals surface area contributed by atoms with Gasteiger partial charge >= 0.3 is 83.5 Å². The van der Waals surface area contributed by atoms with Gasteiger partial charge in [0.15, 0.2) is 0 Å². The van der Waals surface area contributed by atoms with E-state index in [-0.39, 0.29) is 83.5 Å². The fourth-order valence-electron chi connectivity index (χ4n) is 0.204. The van der Waals surface area contributed by atoms with Gasteiger partial charge in [-0.05, 0) is 0 Å². The molecule has 0 aromatic heterocycles. The monoisotopic (exact) mass is 762 g/mol. The van der Waals surface area contributed by atoms with E-state index in [0.29, 0.717) is 0 Å². The fraction of sp³-hybridized carbons (Fsp3) is 1.00. The third-order valence-electron chi connectivity index (χ3n) is 0.500. The van der Waals surface area contributed by atoms with Crippen LogP contribution >= 0.6 is 61.1 Å². The first-order chi connectivity index (χ1) is 10.4. The molecule has 0 aromatic carbocycles. The Morgan fingerprint density at radius 2 is 0.560 bits per heavy atom. The molecule has 2 radical (unpaired) electrons. The van der Waals surface area contributed by atoms with Gasteiger partial charge in [-0.3, -0.25) is 12.9 Å². The van der Waals surface area contributed by atoms with E-state index in [1.165, 1.54) is 6.38 Å². The van der Waals surface area contributed by atoms with Gasteiger partial charge in [-0.1, -0.05) is 0 Å². The maximum atomic E-state index is 9.29. The Hall–Kier alpha value is 4.06. The summed E-state index contributed by atoms with van der Waals surface area (Å²) >= 11 is 4.64. The summed E-state index contributed by atoms with van der Waals surface area (Å²) in [4.78, 5) is 55.7. The van der Waals surface area contributed by atoms with Crippen LogP contribution in [0.4, 0.5) is 0 Å². The molecule has 0 heterocycles. The summed E-state index contributed by atoms with van der Waals surface area (Å²) in [5.74, 6) is 0. The van der Waals surface area contributed by atoms with Gasteiger partial charge in [-0.2, -0.15) is 0 Å². The smallest absolute Gasteiger partial charge is 0.781 e. The average molecular weight is 763 g/mol. The minimum atomic E-state index is -3.51. The minimum Gasteiger partial charge on any atom is -0.781 e. The topological polar surface area (TPSA) is 268 Å². The Morgan fingerprint density at radius 3 is 0.560 bits per heavy atom. The molecule has 6 unspecified atom stereocenters. The van der Waals surface area contributed by atoms with E-state index in [0.717, 1.165) is 0 Å². The molecule has 0 N–H and O–H groups in total. The molecule has 0 aromatic rings. The average Bonchev–Trinajstić information content (AvgIpc) is 2.26. The number of halogens is 1. The molecule has 0 rings (SSSR count).